The summed E-state index contributed by atoms with van der Waals surface area (Å²) in [5.41, 5.74) is 5.17. The predicted molar refractivity (Wildman–Crippen MR) is 121 cm³/mol. The summed E-state index contributed by atoms with van der Waals surface area (Å²) in [7, 11) is 0. The number of fused-ring (bicyclic) bond motifs is 1. The number of benzene rings is 2. The predicted octanol–water partition coefficient (Wildman–Crippen LogP) is 4.45. The zero-order valence-corrected chi connectivity index (χ0v) is 17.7. The molecule has 4 aromatic rings. The molecule has 0 saturated carbocycles. The van der Waals surface area contributed by atoms with E-state index in [-0.39, 0.29) is 18.1 Å². The average molecular weight is 413 g/mol. The highest BCUT2D eigenvalue weighted by molar-refractivity contribution is 6.04. The highest BCUT2D eigenvalue weighted by Gasteiger charge is 2.10. The van der Waals surface area contributed by atoms with Gasteiger partial charge < -0.3 is 10.1 Å². The quantitative estimate of drug-likeness (QED) is 0.525. The summed E-state index contributed by atoms with van der Waals surface area (Å²) in [4.78, 5) is 29.4. The minimum atomic E-state index is -0.186. The van der Waals surface area contributed by atoms with Crippen LogP contribution in [0.15, 0.2) is 71.7 Å². The molecule has 0 radical (unpaired) electrons. The van der Waals surface area contributed by atoms with Gasteiger partial charge in [0.25, 0.3) is 11.5 Å². The smallest absolute Gasteiger partial charge is 0.258 e. The Hall–Kier alpha value is -3.93. The fourth-order valence-electron chi connectivity index (χ4n) is 3.28. The molecule has 2 aromatic carbocycles. The maximum atomic E-state index is 12.5. The highest BCUT2D eigenvalue weighted by atomic mass is 16.5. The molecule has 0 aliphatic rings. The van der Waals surface area contributed by atoms with Gasteiger partial charge >= 0.3 is 0 Å². The van der Waals surface area contributed by atoms with Gasteiger partial charge in [0, 0.05) is 29.6 Å². The van der Waals surface area contributed by atoms with E-state index in [9.17, 15) is 9.59 Å². The van der Waals surface area contributed by atoms with E-state index in [1.165, 1.54) is 10.5 Å². The molecule has 2 aromatic heterocycles. The second kappa shape index (κ2) is 8.44. The van der Waals surface area contributed by atoms with E-state index in [0.717, 1.165) is 16.7 Å². The van der Waals surface area contributed by atoms with Crippen LogP contribution in [0.5, 0.6) is 5.75 Å². The largest absolute Gasteiger partial charge is 0.487 e. The number of nitrogens with zero attached hydrogens (tertiary/aromatic N) is 2. The molecule has 0 fully saturated rings. The number of hydrogen-bond donors (Lipinski definition) is 1. The van der Waals surface area contributed by atoms with E-state index in [0.29, 0.717) is 28.3 Å². The number of amides is 1. The van der Waals surface area contributed by atoms with Crippen LogP contribution in [0.25, 0.3) is 5.65 Å². The first kappa shape index (κ1) is 20.3. The van der Waals surface area contributed by atoms with Crippen molar-refractivity contribution in [3.63, 3.8) is 0 Å². The number of hydrogen-bond acceptors (Lipinski definition) is 4. The minimum absolute atomic E-state index is 0.149. The summed E-state index contributed by atoms with van der Waals surface area (Å²) < 4.78 is 7.47. The molecule has 0 saturated heterocycles. The number of rotatable bonds is 5. The standard InChI is InChI=1S/C25H23N3O3/c1-16-6-9-19(10-7-16)25(30)27-20-11-8-17(2)22(13-20)31-15-21-14-23(29)28-12-4-5-18(3)24(28)26-21/h4-14H,15H2,1-3H3,(H,27,30). The number of aromatic nitrogens is 2. The van der Waals surface area contributed by atoms with Gasteiger partial charge in [-0.2, -0.15) is 0 Å². The first-order valence-electron chi connectivity index (χ1n) is 10.00. The number of ether oxygens (including phenoxy) is 1. The first-order valence-corrected chi connectivity index (χ1v) is 10.00. The lowest BCUT2D eigenvalue weighted by Gasteiger charge is -2.12. The van der Waals surface area contributed by atoms with Crippen LogP contribution in [-0.4, -0.2) is 15.3 Å². The maximum Gasteiger partial charge on any atom is 0.258 e. The van der Waals surface area contributed by atoms with E-state index in [2.05, 4.69) is 10.3 Å². The molecule has 4 rings (SSSR count). The van der Waals surface area contributed by atoms with Crippen LogP contribution in [0.3, 0.4) is 0 Å². The topological polar surface area (TPSA) is 72.7 Å². The van der Waals surface area contributed by atoms with Crippen LogP contribution >= 0.6 is 0 Å². The number of nitrogens with one attached hydrogen (secondary N) is 1. The van der Waals surface area contributed by atoms with E-state index < -0.39 is 0 Å². The fourth-order valence-corrected chi connectivity index (χ4v) is 3.28. The van der Waals surface area contributed by atoms with Crippen molar-refractivity contribution < 1.29 is 9.53 Å². The van der Waals surface area contributed by atoms with Gasteiger partial charge in [-0.25, -0.2) is 4.98 Å². The zero-order chi connectivity index (χ0) is 22.0. The van der Waals surface area contributed by atoms with Gasteiger partial charge in [0.15, 0.2) is 0 Å². The van der Waals surface area contributed by atoms with Crippen LogP contribution in [0, 0.1) is 20.8 Å². The van der Waals surface area contributed by atoms with E-state index in [1.54, 1.807) is 24.4 Å². The molecule has 6 nitrogen and oxygen atoms in total. The normalized spacial score (nSPS) is 10.8. The molecule has 156 valence electrons. The number of anilines is 1. The van der Waals surface area contributed by atoms with Gasteiger partial charge in [0.2, 0.25) is 0 Å². The maximum absolute atomic E-state index is 12.5. The number of carbonyl (C=O) groups excluding carboxylic acids is 1. The van der Waals surface area contributed by atoms with E-state index in [1.807, 2.05) is 57.2 Å². The van der Waals surface area contributed by atoms with Crippen molar-refractivity contribution in [3.8, 4) is 5.75 Å². The summed E-state index contributed by atoms with van der Waals surface area (Å²) in [6.45, 7) is 5.96. The molecular formula is C25H23N3O3. The van der Waals surface area contributed by atoms with Crippen molar-refractivity contribution in [2.45, 2.75) is 27.4 Å². The third kappa shape index (κ3) is 4.48. The van der Waals surface area contributed by atoms with Crippen LogP contribution in [0.2, 0.25) is 0 Å². The Morgan fingerprint density at radius 2 is 1.77 bits per heavy atom. The lowest BCUT2D eigenvalue weighted by atomic mass is 10.1. The zero-order valence-electron chi connectivity index (χ0n) is 17.7. The van der Waals surface area contributed by atoms with Crippen molar-refractivity contribution in [2.24, 2.45) is 0 Å². The molecule has 0 unspecified atom stereocenters. The Labute approximate surface area is 180 Å². The Balaban J connectivity index is 1.52. The van der Waals surface area contributed by atoms with Crippen molar-refractivity contribution in [3.05, 3.63) is 105 Å². The molecule has 0 aliphatic heterocycles. The average Bonchev–Trinajstić information content (AvgIpc) is 2.75. The molecule has 2 heterocycles. The molecule has 31 heavy (non-hydrogen) atoms. The van der Waals surface area contributed by atoms with Crippen LogP contribution in [0.4, 0.5) is 5.69 Å². The number of aryl methyl sites for hydroxylation is 3. The van der Waals surface area contributed by atoms with Crippen LogP contribution < -0.4 is 15.6 Å². The molecule has 0 aliphatic carbocycles. The van der Waals surface area contributed by atoms with Gasteiger partial charge in [-0.15, -0.1) is 0 Å². The van der Waals surface area contributed by atoms with Gasteiger partial charge in [0.05, 0.1) is 5.69 Å². The second-order valence-electron chi connectivity index (χ2n) is 7.56. The van der Waals surface area contributed by atoms with Crippen molar-refractivity contribution in [1.82, 2.24) is 9.38 Å². The molecule has 0 atom stereocenters. The third-order valence-electron chi connectivity index (χ3n) is 5.07. The highest BCUT2D eigenvalue weighted by Crippen LogP contribution is 2.24. The molecule has 1 N–H and O–H groups in total. The summed E-state index contributed by atoms with van der Waals surface area (Å²) >= 11 is 0. The molecule has 0 spiro atoms. The first-order chi connectivity index (χ1) is 14.9. The van der Waals surface area contributed by atoms with Crippen molar-refractivity contribution in [2.75, 3.05) is 5.32 Å². The second-order valence-corrected chi connectivity index (χ2v) is 7.56. The molecular weight excluding hydrogens is 390 g/mol. The Bertz CT molecular complexity index is 1320. The minimum Gasteiger partial charge on any atom is -0.487 e. The lowest BCUT2D eigenvalue weighted by molar-refractivity contribution is 0.102. The van der Waals surface area contributed by atoms with Crippen molar-refractivity contribution >= 4 is 17.2 Å². The SMILES string of the molecule is Cc1ccc(C(=O)Nc2ccc(C)c(OCc3cc(=O)n4cccc(C)c4n3)c2)cc1. The Morgan fingerprint density at radius 3 is 2.55 bits per heavy atom. The summed E-state index contributed by atoms with van der Waals surface area (Å²) in [6, 6.07) is 18.1. The van der Waals surface area contributed by atoms with Crippen molar-refractivity contribution in [1.29, 1.82) is 0 Å². The molecule has 6 heteroatoms. The van der Waals surface area contributed by atoms with Crippen LogP contribution in [0.1, 0.15) is 32.7 Å². The van der Waals surface area contributed by atoms with Gasteiger partial charge in [-0.3, -0.25) is 14.0 Å². The molecule has 1 amide bonds. The van der Waals surface area contributed by atoms with Gasteiger partial charge in [-0.1, -0.05) is 29.8 Å². The van der Waals surface area contributed by atoms with E-state index >= 15 is 0 Å². The van der Waals surface area contributed by atoms with Crippen LogP contribution in [-0.2, 0) is 6.61 Å². The lowest BCUT2D eigenvalue weighted by Crippen LogP contribution is -2.17. The number of pyridine rings is 1. The monoisotopic (exact) mass is 413 g/mol. The van der Waals surface area contributed by atoms with Gasteiger partial charge in [-0.05, 0) is 56.2 Å². The number of carbonyl (C=O) groups is 1. The Morgan fingerprint density at radius 1 is 1.00 bits per heavy atom. The summed E-state index contributed by atoms with van der Waals surface area (Å²) in [6.07, 6.45) is 1.70. The summed E-state index contributed by atoms with van der Waals surface area (Å²) in [5, 5.41) is 2.90. The Kier molecular flexibility index (Phi) is 5.54. The summed E-state index contributed by atoms with van der Waals surface area (Å²) in [5.74, 6) is 0.433. The van der Waals surface area contributed by atoms with E-state index in [4.69, 9.17) is 4.74 Å². The van der Waals surface area contributed by atoms with Gasteiger partial charge in [0.1, 0.15) is 18.0 Å². The molecule has 0 bridgehead atoms. The fraction of sp³-hybridized carbons (Fsp3) is 0.160. The third-order valence-corrected chi connectivity index (χ3v) is 5.07.